The average molecular weight is 549 g/mol. The molecule has 1 aromatic carbocycles. The molecule has 3 heterocycles. The molecule has 38 heavy (non-hydrogen) atoms. The minimum atomic E-state index is -2.36. The number of anilines is 1. The second kappa shape index (κ2) is 12.0. The Balaban J connectivity index is 1.56. The van der Waals surface area contributed by atoms with Crippen molar-refractivity contribution in [1.29, 1.82) is 0 Å². The van der Waals surface area contributed by atoms with Gasteiger partial charge in [-0.3, -0.25) is 14.5 Å². The van der Waals surface area contributed by atoms with Crippen molar-refractivity contribution in [2.75, 3.05) is 44.7 Å². The van der Waals surface area contributed by atoms with E-state index in [0.29, 0.717) is 48.2 Å². The summed E-state index contributed by atoms with van der Waals surface area (Å²) in [5, 5.41) is 3.65. The number of fused-ring (bicyclic) bond motifs is 1. The van der Waals surface area contributed by atoms with Gasteiger partial charge in [-0.1, -0.05) is 24.6 Å². The van der Waals surface area contributed by atoms with E-state index in [1.165, 1.54) is 11.6 Å². The van der Waals surface area contributed by atoms with Gasteiger partial charge in [-0.25, -0.2) is 18.7 Å². The summed E-state index contributed by atoms with van der Waals surface area (Å²) in [4.78, 5) is 37.2. The highest BCUT2D eigenvalue weighted by molar-refractivity contribution is 6.31. The van der Waals surface area contributed by atoms with Crippen molar-refractivity contribution in [2.24, 2.45) is 7.05 Å². The number of rotatable bonds is 9. The van der Waals surface area contributed by atoms with Gasteiger partial charge in [0.15, 0.2) is 12.4 Å². The number of benzene rings is 1. The molecule has 0 saturated carbocycles. The molecule has 1 aliphatic rings. The molecule has 204 valence electrons. The zero-order chi connectivity index (χ0) is 27.4. The highest BCUT2D eigenvalue weighted by atomic mass is 35.5. The van der Waals surface area contributed by atoms with Crippen molar-refractivity contribution in [3.63, 3.8) is 0 Å². The van der Waals surface area contributed by atoms with Crippen molar-refractivity contribution in [1.82, 2.24) is 24.8 Å². The molecule has 1 saturated heterocycles. The first-order valence-corrected chi connectivity index (χ1v) is 12.8. The van der Waals surface area contributed by atoms with E-state index < -0.39 is 6.43 Å². The van der Waals surface area contributed by atoms with Crippen LogP contribution in [0.25, 0.3) is 10.9 Å². The lowest BCUT2D eigenvalue weighted by molar-refractivity contribution is -0.122. The maximum absolute atomic E-state index is 13.0. The number of halogens is 3. The third kappa shape index (κ3) is 6.21. The smallest absolute Gasteiger partial charge is 0.293 e. The van der Waals surface area contributed by atoms with Gasteiger partial charge in [0.2, 0.25) is 5.95 Å². The first kappa shape index (κ1) is 27.7. The Morgan fingerprint density at radius 1 is 1.29 bits per heavy atom. The van der Waals surface area contributed by atoms with E-state index in [-0.39, 0.29) is 36.4 Å². The number of aryl methyl sites for hydroxylation is 1. The Morgan fingerprint density at radius 3 is 2.79 bits per heavy atom. The van der Waals surface area contributed by atoms with E-state index in [1.807, 2.05) is 34.9 Å². The fourth-order valence-corrected chi connectivity index (χ4v) is 4.83. The lowest BCUT2D eigenvalue weighted by Gasteiger charge is -2.41. The molecule has 0 radical (unpaired) electrons. The van der Waals surface area contributed by atoms with Crippen molar-refractivity contribution in [3.8, 4) is 5.75 Å². The first-order valence-electron chi connectivity index (χ1n) is 12.4. The molecule has 4 rings (SSSR count). The van der Waals surface area contributed by atoms with Gasteiger partial charge in [0, 0.05) is 51.6 Å². The summed E-state index contributed by atoms with van der Waals surface area (Å²) >= 11 is 6.46. The molecule has 1 unspecified atom stereocenters. The van der Waals surface area contributed by atoms with E-state index in [4.69, 9.17) is 21.3 Å². The summed E-state index contributed by atoms with van der Waals surface area (Å²) in [5.41, 5.74) is 1.93. The highest BCUT2D eigenvalue weighted by Gasteiger charge is 2.29. The Hall–Kier alpha value is -3.31. The van der Waals surface area contributed by atoms with Crippen LogP contribution in [-0.4, -0.2) is 77.6 Å². The van der Waals surface area contributed by atoms with Gasteiger partial charge < -0.3 is 19.5 Å². The summed E-state index contributed by atoms with van der Waals surface area (Å²) < 4.78 is 32.9. The molecule has 0 bridgehead atoms. The van der Waals surface area contributed by atoms with Gasteiger partial charge in [-0.15, -0.1) is 0 Å². The van der Waals surface area contributed by atoms with Crippen LogP contribution in [0.2, 0.25) is 5.02 Å². The Labute approximate surface area is 224 Å². The zero-order valence-electron chi connectivity index (χ0n) is 21.6. The molecule has 1 amide bonds. The second-order valence-electron chi connectivity index (χ2n) is 9.26. The molecule has 9 nitrogen and oxygen atoms in total. The largest absolute Gasteiger partial charge is 0.478 e. The maximum Gasteiger partial charge on any atom is 0.293 e. The first-order chi connectivity index (χ1) is 18.2. The number of likely N-dealkylation sites (N-methyl/N-ethyl adjacent to an activating group) is 1. The van der Waals surface area contributed by atoms with Gasteiger partial charge in [0.25, 0.3) is 17.9 Å². The van der Waals surface area contributed by atoms with Crippen molar-refractivity contribution < 1.29 is 18.3 Å². The number of hydrogen-bond acceptors (Lipinski definition) is 7. The topological polar surface area (TPSA) is 92.6 Å². The molecular formula is C26H31ClF2N6O3. The minimum Gasteiger partial charge on any atom is -0.478 e. The van der Waals surface area contributed by atoms with Crippen LogP contribution in [0.3, 0.4) is 0 Å². The van der Waals surface area contributed by atoms with Crippen molar-refractivity contribution >= 4 is 34.4 Å². The SMILES string of the molecule is CCC1CN(c2ncc(Cl)c(Cc3ccc4c(c3)cc(OCC(=O)NC)c(=O)n4C)n2)CCN1CC(F)F. The number of amides is 1. The zero-order valence-corrected chi connectivity index (χ0v) is 22.3. The van der Waals surface area contributed by atoms with Crippen LogP contribution in [0.5, 0.6) is 5.75 Å². The van der Waals surface area contributed by atoms with E-state index in [2.05, 4.69) is 10.3 Å². The van der Waals surface area contributed by atoms with Gasteiger partial charge in [0.05, 0.1) is 29.0 Å². The molecule has 12 heteroatoms. The lowest BCUT2D eigenvalue weighted by atomic mass is 10.1. The van der Waals surface area contributed by atoms with Crippen LogP contribution in [0, 0.1) is 0 Å². The normalized spacial score (nSPS) is 16.3. The van der Waals surface area contributed by atoms with Gasteiger partial charge in [0.1, 0.15) is 0 Å². The average Bonchev–Trinajstić information content (AvgIpc) is 2.90. The van der Waals surface area contributed by atoms with E-state index in [9.17, 15) is 18.4 Å². The van der Waals surface area contributed by atoms with Gasteiger partial charge in [-0.05, 0) is 30.2 Å². The fraction of sp³-hybridized carbons (Fsp3) is 0.462. The molecule has 2 aromatic heterocycles. The summed E-state index contributed by atoms with van der Waals surface area (Å²) in [7, 11) is 3.14. The summed E-state index contributed by atoms with van der Waals surface area (Å²) in [6.45, 7) is 3.13. The predicted molar refractivity (Wildman–Crippen MR) is 142 cm³/mol. The number of hydrogen-bond donors (Lipinski definition) is 1. The van der Waals surface area contributed by atoms with Crippen LogP contribution in [0.1, 0.15) is 24.6 Å². The summed E-state index contributed by atoms with van der Waals surface area (Å²) in [5.74, 6) is 0.267. The fourth-order valence-electron chi connectivity index (χ4n) is 4.67. The molecule has 0 aliphatic carbocycles. The third-order valence-corrected chi connectivity index (χ3v) is 7.12. The van der Waals surface area contributed by atoms with Crippen LogP contribution < -0.4 is 20.5 Å². The predicted octanol–water partition coefficient (Wildman–Crippen LogP) is 2.86. The molecular weight excluding hydrogens is 518 g/mol. The number of aromatic nitrogens is 3. The number of pyridine rings is 1. The van der Waals surface area contributed by atoms with Crippen molar-refractivity contribution in [3.05, 3.63) is 57.1 Å². The Morgan fingerprint density at radius 2 is 2.08 bits per heavy atom. The van der Waals surface area contributed by atoms with Gasteiger partial charge in [-0.2, -0.15) is 0 Å². The number of nitrogens with zero attached hydrogens (tertiary/aromatic N) is 5. The number of alkyl halides is 2. The van der Waals surface area contributed by atoms with Crippen LogP contribution in [0.4, 0.5) is 14.7 Å². The number of carbonyl (C=O) groups excluding carboxylic acids is 1. The Bertz CT molecular complexity index is 1370. The lowest BCUT2D eigenvalue weighted by Crippen LogP contribution is -2.54. The summed E-state index contributed by atoms with van der Waals surface area (Å²) in [6, 6.07) is 7.30. The maximum atomic E-state index is 13.0. The number of carbonyl (C=O) groups is 1. The highest BCUT2D eigenvalue weighted by Crippen LogP contribution is 2.25. The molecule has 3 aromatic rings. The quantitative estimate of drug-likeness (QED) is 0.439. The monoisotopic (exact) mass is 548 g/mol. The van der Waals surface area contributed by atoms with Crippen LogP contribution >= 0.6 is 11.6 Å². The Kier molecular flexibility index (Phi) is 8.78. The molecule has 1 N–H and O–H groups in total. The second-order valence-corrected chi connectivity index (χ2v) is 9.67. The van der Waals surface area contributed by atoms with Gasteiger partial charge >= 0.3 is 0 Å². The number of piperazine rings is 1. The number of nitrogens with one attached hydrogen (secondary N) is 1. The van der Waals surface area contributed by atoms with E-state index in [0.717, 1.165) is 17.4 Å². The van der Waals surface area contributed by atoms with E-state index >= 15 is 0 Å². The standard InChI is InChI=1S/C26H31ClF2N6O3/c1-4-18-13-35(8-7-34(18)14-23(28)29)26-31-12-19(27)20(32-26)10-16-5-6-21-17(9-16)11-22(25(37)33(21)3)38-15-24(36)30-2/h5-6,9,11-12,18,23H,4,7-8,10,13-15H2,1-3H3,(H,30,36). The molecule has 1 atom stereocenters. The van der Waals surface area contributed by atoms with Crippen LogP contribution in [-0.2, 0) is 18.3 Å². The molecule has 1 aliphatic heterocycles. The molecule has 0 spiro atoms. The third-order valence-electron chi connectivity index (χ3n) is 6.80. The van der Waals surface area contributed by atoms with Crippen molar-refractivity contribution in [2.45, 2.75) is 32.2 Å². The minimum absolute atomic E-state index is 0.00701. The number of ether oxygens (including phenoxy) is 1. The van der Waals surface area contributed by atoms with E-state index in [1.54, 1.807) is 19.3 Å². The summed E-state index contributed by atoms with van der Waals surface area (Å²) in [6.07, 6.45) is 0.375. The van der Waals surface area contributed by atoms with Crippen LogP contribution in [0.15, 0.2) is 35.3 Å². The molecule has 1 fully saturated rings.